The minimum atomic E-state index is -0.781. The van der Waals surface area contributed by atoms with Crippen molar-refractivity contribution >= 4 is 35.1 Å². The van der Waals surface area contributed by atoms with E-state index in [-0.39, 0.29) is 5.56 Å². The predicted octanol–water partition coefficient (Wildman–Crippen LogP) is 2.93. The molecule has 1 amide bonds. The van der Waals surface area contributed by atoms with E-state index in [1.807, 2.05) is 11.8 Å². The molecule has 1 fully saturated rings. The lowest BCUT2D eigenvalue weighted by Crippen LogP contribution is -2.25. The first-order chi connectivity index (χ1) is 14.4. The summed E-state index contributed by atoms with van der Waals surface area (Å²) in [6.07, 6.45) is 0.529. The molecule has 30 heavy (non-hydrogen) atoms. The van der Waals surface area contributed by atoms with Crippen LogP contribution in [0.3, 0.4) is 0 Å². The number of aliphatic hydroxyl groups excluding tert-OH is 1. The molecule has 1 saturated heterocycles. The maximum Gasteiger partial charge on any atom is 0.235 e. The van der Waals surface area contributed by atoms with Gasteiger partial charge in [0.1, 0.15) is 28.2 Å². The summed E-state index contributed by atoms with van der Waals surface area (Å²) in [5.41, 5.74) is 7.47. The molecule has 2 aromatic rings. The second kappa shape index (κ2) is 9.36. The molecular weight excluding hydrogens is 422 g/mol. The van der Waals surface area contributed by atoms with E-state index in [0.717, 1.165) is 11.8 Å². The van der Waals surface area contributed by atoms with E-state index in [2.05, 4.69) is 17.1 Å². The molecular formula is C21H20ClN5O2S. The van der Waals surface area contributed by atoms with Crippen molar-refractivity contribution in [2.45, 2.75) is 36.1 Å². The van der Waals surface area contributed by atoms with Gasteiger partial charge in [-0.3, -0.25) is 4.79 Å². The number of nitrogens with two attached hydrogens (primary N) is 1. The van der Waals surface area contributed by atoms with Crippen molar-refractivity contribution in [1.29, 1.82) is 10.5 Å². The van der Waals surface area contributed by atoms with Crippen LogP contribution >= 0.6 is 23.4 Å². The van der Waals surface area contributed by atoms with Gasteiger partial charge in [0.2, 0.25) is 5.91 Å². The lowest BCUT2D eigenvalue weighted by molar-refractivity contribution is -0.117. The molecule has 0 saturated carbocycles. The Bertz CT molecular complexity index is 1050. The van der Waals surface area contributed by atoms with Crippen LogP contribution in [0, 0.1) is 22.7 Å². The minimum absolute atomic E-state index is 0.266. The second-order valence-corrected chi connectivity index (χ2v) is 8.42. The molecule has 2 atom stereocenters. The first-order valence-corrected chi connectivity index (χ1v) is 10.7. The number of nitriles is 2. The Morgan fingerprint density at radius 3 is 2.53 bits per heavy atom. The molecule has 154 valence electrons. The fourth-order valence-corrected chi connectivity index (χ4v) is 4.66. The number of aliphatic hydroxyl groups is 1. The third kappa shape index (κ3) is 4.36. The average Bonchev–Trinajstić information content (AvgIpc) is 3.17. The number of halogens is 1. The molecule has 0 unspecified atom stereocenters. The lowest BCUT2D eigenvalue weighted by Gasteiger charge is -2.22. The summed E-state index contributed by atoms with van der Waals surface area (Å²) in [6, 6.07) is 11.1. The number of pyridine rings is 1. The van der Waals surface area contributed by atoms with Crippen LogP contribution in [0.1, 0.15) is 40.8 Å². The number of thioether (sulfide) groups is 1. The molecule has 1 aliphatic heterocycles. The maximum atomic E-state index is 12.2. The highest BCUT2D eigenvalue weighted by Crippen LogP contribution is 2.40. The van der Waals surface area contributed by atoms with E-state index in [9.17, 15) is 20.4 Å². The van der Waals surface area contributed by atoms with Crippen molar-refractivity contribution in [3.05, 3.63) is 51.5 Å². The zero-order valence-corrected chi connectivity index (χ0v) is 17.9. The number of carbonyl (C=O) groups is 1. The lowest BCUT2D eigenvalue weighted by atomic mass is 10.0. The fraction of sp³-hybridized carbons (Fsp3) is 0.333. The number of amides is 1. The van der Waals surface area contributed by atoms with E-state index in [1.165, 1.54) is 0 Å². The van der Waals surface area contributed by atoms with Crippen LogP contribution in [0.15, 0.2) is 29.3 Å². The van der Waals surface area contributed by atoms with Gasteiger partial charge in [-0.2, -0.15) is 10.5 Å². The molecule has 1 aliphatic rings. The zero-order valence-electron chi connectivity index (χ0n) is 16.3. The molecule has 9 heteroatoms. The van der Waals surface area contributed by atoms with Crippen molar-refractivity contribution in [2.75, 3.05) is 18.0 Å². The molecule has 1 aromatic heterocycles. The van der Waals surface area contributed by atoms with E-state index < -0.39 is 17.3 Å². The van der Waals surface area contributed by atoms with Crippen molar-refractivity contribution in [2.24, 2.45) is 5.73 Å². The number of carbonyl (C=O) groups excluding carboxylic acids is 1. The highest BCUT2D eigenvalue weighted by molar-refractivity contribution is 8.00. The summed E-state index contributed by atoms with van der Waals surface area (Å²) in [6.45, 7) is 2.77. The number of nitrogens with zero attached hydrogens (tertiary/aromatic N) is 4. The number of rotatable bonds is 6. The van der Waals surface area contributed by atoms with Gasteiger partial charge >= 0.3 is 0 Å². The van der Waals surface area contributed by atoms with Crippen LogP contribution < -0.4 is 10.6 Å². The third-order valence-electron chi connectivity index (χ3n) is 4.95. The van der Waals surface area contributed by atoms with Crippen molar-refractivity contribution < 1.29 is 9.90 Å². The van der Waals surface area contributed by atoms with Crippen LogP contribution in [-0.4, -0.2) is 35.2 Å². The van der Waals surface area contributed by atoms with Crippen LogP contribution in [0.2, 0.25) is 5.02 Å². The van der Waals surface area contributed by atoms with E-state index in [4.69, 9.17) is 17.3 Å². The number of β-amino-alcohol motifs (C(OH)–C–C–N with tert-alkyl or cyclic N) is 1. The van der Waals surface area contributed by atoms with Crippen LogP contribution in [-0.2, 0) is 11.2 Å². The highest BCUT2D eigenvalue weighted by atomic mass is 35.5. The molecule has 2 heterocycles. The van der Waals surface area contributed by atoms with Crippen LogP contribution in [0.25, 0.3) is 0 Å². The summed E-state index contributed by atoms with van der Waals surface area (Å²) >= 11 is 7.03. The van der Waals surface area contributed by atoms with Gasteiger partial charge in [0.25, 0.3) is 0 Å². The van der Waals surface area contributed by atoms with Gasteiger partial charge in [-0.15, -0.1) is 0 Å². The van der Waals surface area contributed by atoms with Gasteiger partial charge in [0.15, 0.2) is 0 Å². The van der Waals surface area contributed by atoms with Crippen LogP contribution in [0.4, 0.5) is 5.82 Å². The molecule has 0 radical (unpaired) electrons. The smallest absolute Gasteiger partial charge is 0.235 e. The highest BCUT2D eigenvalue weighted by Gasteiger charge is 2.29. The Kier molecular flexibility index (Phi) is 6.84. The third-order valence-corrected chi connectivity index (χ3v) is 6.46. The normalized spacial score (nSPS) is 16.7. The number of primary amides is 1. The molecule has 0 spiro atoms. The van der Waals surface area contributed by atoms with E-state index >= 15 is 0 Å². The summed E-state index contributed by atoms with van der Waals surface area (Å²) in [7, 11) is 0. The molecule has 3 N–H and O–H groups in total. The van der Waals surface area contributed by atoms with Crippen molar-refractivity contribution in [1.82, 2.24) is 4.98 Å². The number of hydrogen-bond acceptors (Lipinski definition) is 7. The summed E-state index contributed by atoms with van der Waals surface area (Å²) in [4.78, 5) is 18.7. The summed E-state index contributed by atoms with van der Waals surface area (Å²) < 4.78 is 0. The monoisotopic (exact) mass is 441 g/mol. The number of benzene rings is 1. The summed E-state index contributed by atoms with van der Waals surface area (Å²) in [5, 5.41) is 29.6. The minimum Gasteiger partial charge on any atom is -0.391 e. The topological polar surface area (TPSA) is 127 Å². The standard InChI is InChI=1S/C21H20ClN5O2S/c1-2-15-16(9-23)20(27-8-7-14(28)11-27)26-21(17(15)10-24)30-18(19(25)29)12-3-5-13(22)6-4-12/h3-6,14,18,28H,2,7-8,11H2,1H3,(H2,25,29)/t14-,18+/m0/s1. The van der Waals surface area contributed by atoms with Crippen molar-refractivity contribution in [3.63, 3.8) is 0 Å². The quantitative estimate of drug-likeness (QED) is 0.659. The molecule has 3 rings (SSSR count). The average molecular weight is 442 g/mol. The fourth-order valence-electron chi connectivity index (χ4n) is 3.47. The number of anilines is 1. The molecule has 1 aromatic carbocycles. The summed E-state index contributed by atoms with van der Waals surface area (Å²) in [5.74, 6) is -0.153. The van der Waals surface area contributed by atoms with Crippen LogP contribution in [0.5, 0.6) is 0 Å². The van der Waals surface area contributed by atoms with E-state index in [0.29, 0.717) is 58.5 Å². The van der Waals surface area contributed by atoms with E-state index in [1.54, 1.807) is 24.3 Å². The van der Waals surface area contributed by atoms with Gasteiger partial charge in [0, 0.05) is 18.1 Å². The largest absolute Gasteiger partial charge is 0.391 e. The van der Waals surface area contributed by atoms with Crippen molar-refractivity contribution in [3.8, 4) is 12.1 Å². The first kappa shape index (κ1) is 21.9. The number of aromatic nitrogens is 1. The predicted molar refractivity (Wildman–Crippen MR) is 115 cm³/mol. The Morgan fingerprint density at radius 2 is 2.03 bits per heavy atom. The second-order valence-electron chi connectivity index (χ2n) is 6.89. The Labute approximate surface area is 184 Å². The Hall–Kier alpha value is -2.78. The SMILES string of the molecule is CCc1c(C#N)c(S[C@@H](C(N)=O)c2ccc(Cl)cc2)nc(N2CC[C@H](O)C2)c1C#N. The Balaban J connectivity index is 2.12. The van der Waals surface area contributed by atoms with Gasteiger partial charge in [-0.05, 0) is 36.1 Å². The van der Waals surface area contributed by atoms with Gasteiger partial charge in [-0.25, -0.2) is 4.98 Å². The molecule has 7 nitrogen and oxygen atoms in total. The zero-order chi connectivity index (χ0) is 21.8. The van der Waals surface area contributed by atoms with Gasteiger partial charge in [-0.1, -0.05) is 42.4 Å². The maximum absolute atomic E-state index is 12.2. The van der Waals surface area contributed by atoms with Gasteiger partial charge < -0.3 is 15.7 Å². The molecule has 0 aliphatic carbocycles. The molecule has 0 bridgehead atoms. The number of hydrogen-bond donors (Lipinski definition) is 2. The first-order valence-electron chi connectivity index (χ1n) is 9.41. The Morgan fingerprint density at radius 1 is 1.37 bits per heavy atom. The van der Waals surface area contributed by atoms with Gasteiger partial charge in [0.05, 0.1) is 17.2 Å².